The predicted octanol–water partition coefficient (Wildman–Crippen LogP) is 5.44. The van der Waals surface area contributed by atoms with Crippen LogP contribution in [0, 0.1) is 0 Å². The van der Waals surface area contributed by atoms with Gasteiger partial charge in [0.2, 0.25) is 0 Å². The molecule has 0 saturated carbocycles. The quantitative estimate of drug-likeness (QED) is 0.720. The van der Waals surface area contributed by atoms with Gasteiger partial charge in [-0.05, 0) is 24.8 Å². The van der Waals surface area contributed by atoms with E-state index in [4.69, 9.17) is 4.74 Å². The van der Waals surface area contributed by atoms with Gasteiger partial charge in [-0.15, -0.1) is 0 Å². The number of benzene rings is 2. The monoisotopic (exact) mass is 268 g/mol. The van der Waals surface area contributed by atoms with Crippen molar-refractivity contribution in [3.63, 3.8) is 0 Å². The zero-order chi connectivity index (χ0) is 14.8. The van der Waals surface area contributed by atoms with Crippen LogP contribution < -0.4 is 4.74 Å². The van der Waals surface area contributed by atoms with Gasteiger partial charge in [0.25, 0.3) is 0 Å². The van der Waals surface area contributed by atoms with Crippen LogP contribution >= 0.6 is 0 Å². The molecule has 2 aromatic rings. The number of rotatable bonds is 3. The number of hydrogen-bond donors (Lipinski definition) is 0. The van der Waals surface area contributed by atoms with Crippen LogP contribution in [0.3, 0.4) is 0 Å². The van der Waals surface area contributed by atoms with Crippen molar-refractivity contribution in [1.29, 1.82) is 0 Å². The summed E-state index contributed by atoms with van der Waals surface area (Å²) in [6, 6.07) is 16.9. The maximum Gasteiger partial charge on any atom is 0.131 e. The Morgan fingerprint density at radius 3 is 2.05 bits per heavy atom. The molecule has 0 atom stereocenters. The Morgan fingerprint density at radius 1 is 0.850 bits per heavy atom. The van der Waals surface area contributed by atoms with Crippen LogP contribution in [0.2, 0.25) is 0 Å². The standard InChI is InChI=1S/C19H24O/c1-14(2)20-18-16(15-10-7-6-8-11-15)12-9-13-17(18)19(3,4)5/h6-14H,1-5H3. The lowest BCUT2D eigenvalue weighted by molar-refractivity contribution is 0.238. The van der Waals surface area contributed by atoms with E-state index in [0.29, 0.717) is 0 Å². The van der Waals surface area contributed by atoms with Crippen molar-refractivity contribution in [2.45, 2.75) is 46.1 Å². The van der Waals surface area contributed by atoms with Gasteiger partial charge in [-0.25, -0.2) is 0 Å². The van der Waals surface area contributed by atoms with Crippen LogP contribution in [0.1, 0.15) is 40.2 Å². The third-order valence-corrected chi connectivity index (χ3v) is 3.26. The van der Waals surface area contributed by atoms with Gasteiger partial charge in [0.1, 0.15) is 5.75 Å². The topological polar surface area (TPSA) is 9.23 Å². The zero-order valence-corrected chi connectivity index (χ0v) is 13.1. The lowest BCUT2D eigenvalue weighted by Gasteiger charge is -2.26. The van der Waals surface area contributed by atoms with Crippen molar-refractivity contribution in [1.82, 2.24) is 0 Å². The average molecular weight is 268 g/mol. The normalized spacial score (nSPS) is 11.7. The lowest BCUT2D eigenvalue weighted by Crippen LogP contribution is -2.16. The molecule has 106 valence electrons. The molecule has 0 N–H and O–H groups in total. The van der Waals surface area contributed by atoms with Gasteiger partial charge in [0.05, 0.1) is 6.10 Å². The Balaban J connectivity index is 2.62. The summed E-state index contributed by atoms with van der Waals surface area (Å²) >= 11 is 0. The SMILES string of the molecule is CC(C)Oc1c(-c2ccccc2)cccc1C(C)(C)C. The third kappa shape index (κ3) is 3.22. The van der Waals surface area contributed by atoms with E-state index in [2.05, 4.69) is 77.1 Å². The summed E-state index contributed by atoms with van der Waals surface area (Å²) in [5.74, 6) is 1.02. The first-order valence-electron chi connectivity index (χ1n) is 7.25. The number of para-hydroxylation sites is 1. The fourth-order valence-corrected chi connectivity index (χ4v) is 2.34. The summed E-state index contributed by atoms with van der Waals surface area (Å²) in [6.45, 7) is 10.8. The highest BCUT2D eigenvalue weighted by Crippen LogP contribution is 2.39. The van der Waals surface area contributed by atoms with E-state index >= 15 is 0 Å². The van der Waals surface area contributed by atoms with Gasteiger partial charge >= 0.3 is 0 Å². The molecule has 0 aliphatic carbocycles. The van der Waals surface area contributed by atoms with Crippen molar-refractivity contribution < 1.29 is 4.74 Å². The van der Waals surface area contributed by atoms with Gasteiger partial charge < -0.3 is 4.74 Å². The molecule has 0 bridgehead atoms. The molecule has 0 aliphatic heterocycles. The summed E-state index contributed by atoms with van der Waals surface area (Å²) in [4.78, 5) is 0. The Bertz CT molecular complexity index is 562. The minimum absolute atomic E-state index is 0.0645. The second kappa shape index (κ2) is 5.70. The van der Waals surface area contributed by atoms with Crippen molar-refractivity contribution in [3.05, 3.63) is 54.1 Å². The molecule has 2 rings (SSSR count). The summed E-state index contributed by atoms with van der Waals surface area (Å²) in [5.41, 5.74) is 3.70. The largest absolute Gasteiger partial charge is 0.490 e. The van der Waals surface area contributed by atoms with Gasteiger partial charge in [-0.1, -0.05) is 69.3 Å². The summed E-state index contributed by atoms with van der Waals surface area (Å²) in [5, 5.41) is 0. The van der Waals surface area contributed by atoms with Gasteiger partial charge in [0, 0.05) is 11.1 Å². The fraction of sp³-hybridized carbons (Fsp3) is 0.368. The van der Waals surface area contributed by atoms with E-state index in [1.54, 1.807) is 0 Å². The molecule has 0 heterocycles. The van der Waals surface area contributed by atoms with Crippen molar-refractivity contribution in [2.75, 3.05) is 0 Å². The maximum absolute atomic E-state index is 6.16. The molecule has 2 aromatic carbocycles. The molecule has 0 spiro atoms. The van der Waals surface area contributed by atoms with E-state index in [1.165, 1.54) is 16.7 Å². The number of ether oxygens (including phenoxy) is 1. The van der Waals surface area contributed by atoms with Crippen molar-refractivity contribution in [3.8, 4) is 16.9 Å². The highest BCUT2D eigenvalue weighted by atomic mass is 16.5. The van der Waals surface area contributed by atoms with Crippen molar-refractivity contribution >= 4 is 0 Å². The highest BCUT2D eigenvalue weighted by molar-refractivity contribution is 5.72. The Morgan fingerprint density at radius 2 is 1.50 bits per heavy atom. The van der Waals surface area contributed by atoms with E-state index < -0.39 is 0 Å². The van der Waals surface area contributed by atoms with Crippen LogP contribution in [0.5, 0.6) is 5.75 Å². The predicted molar refractivity (Wildman–Crippen MR) is 86.3 cm³/mol. The van der Waals surface area contributed by atoms with Crippen LogP contribution in [0.25, 0.3) is 11.1 Å². The zero-order valence-electron chi connectivity index (χ0n) is 13.1. The lowest BCUT2D eigenvalue weighted by atomic mass is 9.84. The van der Waals surface area contributed by atoms with E-state index in [1.807, 2.05) is 6.07 Å². The molecule has 0 aliphatic rings. The molecular weight excluding hydrogens is 244 g/mol. The van der Waals surface area contributed by atoms with Gasteiger partial charge in [-0.2, -0.15) is 0 Å². The van der Waals surface area contributed by atoms with E-state index in [-0.39, 0.29) is 11.5 Å². The minimum atomic E-state index is 0.0645. The Hall–Kier alpha value is -1.76. The average Bonchev–Trinajstić information content (AvgIpc) is 2.38. The number of hydrogen-bond acceptors (Lipinski definition) is 1. The Labute approximate surface area is 122 Å². The first-order chi connectivity index (χ1) is 9.39. The molecule has 1 heteroatoms. The van der Waals surface area contributed by atoms with E-state index in [0.717, 1.165) is 5.75 Å². The molecule has 0 radical (unpaired) electrons. The van der Waals surface area contributed by atoms with Crippen LogP contribution in [-0.2, 0) is 5.41 Å². The fourth-order valence-electron chi connectivity index (χ4n) is 2.34. The van der Waals surface area contributed by atoms with E-state index in [9.17, 15) is 0 Å². The molecule has 0 fully saturated rings. The first-order valence-corrected chi connectivity index (χ1v) is 7.25. The molecule has 20 heavy (non-hydrogen) atoms. The molecule has 0 saturated heterocycles. The first kappa shape index (κ1) is 14.6. The third-order valence-electron chi connectivity index (χ3n) is 3.26. The van der Waals surface area contributed by atoms with Crippen LogP contribution in [0.4, 0.5) is 0 Å². The molecule has 0 aromatic heterocycles. The molecule has 1 nitrogen and oxygen atoms in total. The molecule has 0 unspecified atom stereocenters. The van der Waals surface area contributed by atoms with Gasteiger partial charge in [0.15, 0.2) is 0 Å². The van der Waals surface area contributed by atoms with Crippen LogP contribution in [-0.4, -0.2) is 6.10 Å². The summed E-state index contributed by atoms with van der Waals surface area (Å²) in [6.07, 6.45) is 0.168. The summed E-state index contributed by atoms with van der Waals surface area (Å²) < 4.78 is 6.16. The second-order valence-electron chi connectivity index (χ2n) is 6.46. The van der Waals surface area contributed by atoms with Gasteiger partial charge in [-0.3, -0.25) is 0 Å². The summed E-state index contributed by atoms with van der Waals surface area (Å²) in [7, 11) is 0. The molecular formula is C19H24O. The smallest absolute Gasteiger partial charge is 0.131 e. The Kier molecular flexibility index (Phi) is 4.17. The maximum atomic E-state index is 6.16. The van der Waals surface area contributed by atoms with Crippen LogP contribution in [0.15, 0.2) is 48.5 Å². The minimum Gasteiger partial charge on any atom is -0.490 e. The second-order valence-corrected chi connectivity index (χ2v) is 6.46. The van der Waals surface area contributed by atoms with Crippen molar-refractivity contribution in [2.24, 2.45) is 0 Å². The molecule has 0 amide bonds. The highest BCUT2D eigenvalue weighted by Gasteiger charge is 2.22.